The predicted octanol–water partition coefficient (Wildman–Crippen LogP) is 4.42. The van der Waals surface area contributed by atoms with Crippen LogP contribution in [0.15, 0.2) is 45.6 Å². The SMILES string of the molecule is CCCCOc1ccc(C2NC(=O)c3oc4cc(C)c(C)cc4c(=O)c32)cc1. The molecule has 1 atom stereocenters. The van der Waals surface area contributed by atoms with Gasteiger partial charge < -0.3 is 14.5 Å². The lowest BCUT2D eigenvalue weighted by atomic mass is 9.98. The fraction of sp³-hybridized carbons (Fsp3) is 0.304. The van der Waals surface area contributed by atoms with Crippen molar-refractivity contribution >= 4 is 16.9 Å². The maximum absolute atomic E-state index is 13.2. The molecule has 1 aliphatic heterocycles. The van der Waals surface area contributed by atoms with Gasteiger partial charge in [0.25, 0.3) is 5.91 Å². The fourth-order valence-electron chi connectivity index (χ4n) is 3.51. The lowest BCUT2D eigenvalue weighted by Gasteiger charge is -2.13. The molecule has 5 heteroatoms. The molecule has 1 amide bonds. The molecule has 0 fully saturated rings. The largest absolute Gasteiger partial charge is 0.494 e. The highest BCUT2D eigenvalue weighted by Crippen LogP contribution is 2.32. The van der Waals surface area contributed by atoms with Gasteiger partial charge >= 0.3 is 0 Å². The monoisotopic (exact) mass is 377 g/mol. The summed E-state index contributed by atoms with van der Waals surface area (Å²) in [6, 6.07) is 10.6. The summed E-state index contributed by atoms with van der Waals surface area (Å²) in [6.07, 6.45) is 2.08. The van der Waals surface area contributed by atoms with Crippen molar-refractivity contribution in [2.75, 3.05) is 6.61 Å². The Bertz CT molecular complexity index is 1110. The third kappa shape index (κ3) is 3.07. The van der Waals surface area contributed by atoms with E-state index in [1.165, 1.54) is 0 Å². The lowest BCUT2D eigenvalue weighted by Crippen LogP contribution is -2.21. The molecule has 1 aromatic heterocycles. The van der Waals surface area contributed by atoms with Gasteiger partial charge in [-0.05, 0) is 61.2 Å². The van der Waals surface area contributed by atoms with Crippen molar-refractivity contribution in [3.05, 3.63) is 74.6 Å². The predicted molar refractivity (Wildman–Crippen MR) is 108 cm³/mol. The van der Waals surface area contributed by atoms with Crippen LogP contribution in [0.5, 0.6) is 5.75 Å². The zero-order chi connectivity index (χ0) is 19.8. The number of nitrogens with one attached hydrogen (secondary N) is 1. The molecule has 1 aliphatic rings. The molecule has 0 saturated heterocycles. The molecular formula is C23H23NO4. The van der Waals surface area contributed by atoms with Crippen LogP contribution in [0.2, 0.25) is 0 Å². The highest BCUT2D eigenvalue weighted by molar-refractivity contribution is 5.99. The van der Waals surface area contributed by atoms with Crippen LogP contribution in [0.4, 0.5) is 0 Å². The van der Waals surface area contributed by atoms with E-state index in [-0.39, 0.29) is 17.1 Å². The van der Waals surface area contributed by atoms with Crippen LogP contribution in [0.3, 0.4) is 0 Å². The van der Waals surface area contributed by atoms with Gasteiger partial charge in [0.05, 0.1) is 23.6 Å². The van der Waals surface area contributed by atoms with E-state index in [9.17, 15) is 9.59 Å². The molecule has 5 nitrogen and oxygen atoms in total. The third-order valence-electron chi connectivity index (χ3n) is 5.29. The molecule has 1 N–H and O–H groups in total. The van der Waals surface area contributed by atoms with Crippen LogP contribution in [0.1, 0.15) is 58.6 Å². The van der Waals surface area contributed by atoms with Gasteiger partial charge in [0.15, 0.2) is 5.43 Å². The van der Waals surface area contributed by atoms with Crippen molar-refractivity contribution in [3.8, 4) is 5.75 Å². The van der Waals surface area contributed by atoms with Gasteiger partial charge in [-0.25, -0.2) is 0 Å². The van der Waals surface area contributed by atoms with Crippen molar-refractivity contribution < 1.29 is 13.9 Å². The highest BCUT2D eigenvalue weighted by atomic mass is 16.5. The smallest absolute Gasteiger partial charge is 0.288 e. The van der Waals surface area contributed by atoms with Crippen molar-refractivity contribution in [1.29, 1.82) is 0 Å². The van der Waals surface area contributed by atoms with E-state index in [1.54, 1.807) is 0 Å². The molecule has 0 saturated carbocycles. The standard InChI is InChI=1S/C23H23NO4/c1-4-5-10-27-16-8-6-15(7-9-16)20-19-21(25)17-11-13(2)14(3)12-18(17)28-22(19)23(26)24-20/h6-9,11-12,20H,4-5,10H2,1-3H3,(H,24,26). The highest BCUT2D eigenvalue weighted by Gasteiger charge is 2.35. The van der Waals surface area contributed by atoms with Crippen LogP contribution < -0.4 is 15.5 Å². The molecule has 0 aliphatic carbocycles. The van der Waals surface area contributed by atoms with E-state index >= 15 is 0 Å². The van der Waals surface area contributed by atoms with Crippen LogP contribution in [-0.4, -0.2) is 12.5 Å². The third-order valence-corrected chi connectivity index (χ3v) is 5.29. The summed E-state index contributed by atoms with van der Waals surface area (Å²) in [6.45, 7) is 6.70. The number of benzene rings is 2. The Morgan fingerprint density at radius 3 is 2.50 bits per heavy atom. The normalized spacial score (nSPS) is 15.5. The van der Waals surface area contributed by atoms with Crippen molar-refractivity contribution in [2.24, 2.45) is 0 Å². The zero-order valence-corrected chi connectivity index (χ0v) is 16.3. The molecular weight excluding hydrogens is 354 g/mol. The van der Waals surface area contributed by atoms with Gasteiger partial charge in [-0.2, -0.15) is 0 Å². The van der Waals surface area contributed by atoms with Gasteiger partial charge in [-0.15, -0.1) is 0 Å². The Morgan fingerprint density at radius 2 is 1.79 bits per heavy atom. The molecule has 2 aromatic carbocycles. The van der Waals surface area contributed by atoms with E-state index in [2.05, 4.69) is 12.2 Å². The first-order valence-corrected chi connectivity index (χ1v) is 9.61. The minimum absolute atomic E-state index is 0.106. The summed E-state index contributed by atoms with van der Waals surface area (Å²) in [5.41, 5.74) is 3.52. The Labute approximate surface area is 163 Å². The summed E-state index contributed by atoms with van der Waals surface area (Å²) in [7, 11) is 0. The number of hydrogen-bond donors (Lipinski definition) is 1. The van der Waals surface area contributed by atoms with Crippen LogP contribution in [-0.2, 0) is 0 Å². The molecule has 0 radical (unpaired) electrons. The first kappa shape index (κ1) is 18.3. The second-order valence-electron chi connectivity index (χ2n) is 7.28. The van der Waals surface area contributed by atoms with E-state index in [4.69, 9.17) is 9.15 Å². The molecule has 0 spiro atoms. The minimum Gasteiger partial charge on any atom is -0.494 e. The fourth-order valence-corrected chi connectivity index (χ4v) is 3.51. The lowest BCUT2D eigenvalue weighted by molar-refractivity contribution is 0.0938. The number of hydrogen-bond acceptors (Lipinski definition) is 4. The van der Waals surface area contributed by atoms with E-state index in [0.717, 1.165) is 35.3 Å². The van der Waals surface area contributed by atoms with Crippen LogP contribution in [0.25, 0.3) is 11.0 Å². The Hall–Kier alpha value is -3.08. The first-order valence-electron chi connectivity index (χ1n) is 9.61. The number of ether oxygens (including phenoxy) is 1. The average molecular weight is 377 g/mol. The number of unbranched alkanes of at least 4 members (excludes halogenated alkanes) is 1. The molecule has 0 bridgehead atoms. The summed E-state index contributed by atoms with van der Waals surface area (Å²) in [4.78, 5) is 25.6. The summed E-state index contributed by atoms with van der Waals surface area (Å²) in [5, 5.41) is 3.38. The van der Waals surface area contributed by atoms with Crippen molar-refractivity contribution in [2.45, 2.75) is 39.7 Å². The van der Waals surface area contributed by atoms with Gasteiger partial charge in [0.1, 0.15) is 11.3 Å². The Balaban J connectivity index is 1.75. The van der Waals surface area contributed by atoms with Gasteiger partial charge in [0.2, 0.25) is 5.76 Å². The summed E-state index contributed by atoms with van der Waals surface area (Å²) >= 11 is 0. The van der Waals surface area contributed by atoms with Crippen LogP contribution >= 0.6 is 0 Å². The zero-order valence-electron chi connectivity index (χ0n) is 16.3. The average Bonchev–Trinajstić information content (AvgIpc) is 3.01. The Morgan fingerprint density at radius 1 is 1.07 bits per heavy atom. The quantitative estimate of drug-likeness (QED) is 0.668. The number of amides is 1. The number of aryl methyl sites for hydroxylation is 2. The maximum atomic E-state index is 13.2. The van der Waals surface area contributed by atoms with Gasteiger partial charge in [-0.1, -0.05) is 25.5 Å². The molecule has 4 rings (SSSR count). The molecule has 2 heterocycles. The van der Waals surface area contributed by atoms with Gasteiger partial charge in [0, 0.05) is 0 Å². The second-order valence-corrected chi connectivity index (χ2v) is 7.28. The first-order chi connectivity index (χ1) is 13.5. The molecule has 144 valence electrons. The minimum atomic E-state index is -0.519. The van der Waals surface area contributed by atoms with E-state index in [0.29, 0.717) is 23.1 Å². The number of rotatable bonds is 5. The van der Waals surface area contributed by atoms with Crippen molar-refractivity contribution in [1.82, 2.24) is 5.32 Å². The Kier molecular flexibility index (Phi) is 4.67. The second kappa shape index (κ2) is 7.15. The topological polar surface area (TPSA) is 68.5 Å². The molecule has 3 aromatic rings. The van der Waals surface area contributed by atoms with Gasteiger partial charge in [-0.3, -0.25) is 9.59 Å². The van der Waals surface area contributed by atoms with E-state index in [1.807, 2.05) is 50.2 Å². The molecule has 1 unspecified atom stereocenters. The number of carbonyl (C=O) groups excluding carboxylic acids is 1. The maximum Gasteiger partial charge on any atom is 0.288 e. The number of fused-ring (bicyclic) bond motifs is 2. The summed E-state index contributed by atoms with van der Waals surface area (Å²) in [5.74, 6) is 0.521. The summed E-state index contributed by atoms with van der Waals surface area (Å²) < 4.78 is 11.5. The van der Waals surface area contributed by atoms with E-state index < -0.39 is 6.04 Å². The molecule has 28 heavy (non-hydrogen) atoms. The van der Waals surface area contributed by atoms with Crippen molar-refractivity contribution in [3.63, 3.8) is 0 Å². The number of carbonyl (C=O) groups is 1. The van der Waals surface area contributed by atoms with Crippen LogP contribution in [0, 0.1) is 13.8 Å².